The number of hydrogen-bond acceptors (Lipinski definition) is 5. The molecular formula is C26H33FO4S. The average Bonchev–Trinajstić information content (AvgIpc) is 3.11. The van der Waals surface area contributed by atoms with Crippen molar-refractivity contribution in [3.05, 3.63) is 34.5 Å². The number of ether oxygens (including phenoxy) is 1. The second kappa shape index (κ2) is 6.82. The highest BCUT2D eigenvalue weighted by Crippen LogP contribution is 2.72. The number of aliphatic hydroxyl groups excluding tert-OH is 1. The van der Waals surface area contributed by atoms with Crippen molar-refractivity contribution in [2.24, 2.45) is 28.6 Å². The molecule has 1 heterocycles. The fourth-order valence-electron chi connectivity index (χ4n) is 8.21. The van der Waals surface area contributed by atoms with E-state index in [2.05, 4.69) is 6.92 Å². The standard InChI is InChI=1S/C26H33FO4S/c1-6-32-21-15(3)31-26(22(21)30)14(2)11-19-18-8-7-16-12-17(28)9-10-23(16,4)25(18,27)20(29)13-24(19,26)5/h9-10,12,14,18-20,29H,6-8,11,13H2,1-5H3/t14-,18-,19-,20-,23-,24-,25-,26?/m0/s1. The van der Waals surface area contributed by atoms with E-state index in [0.29, 0.717) is 29.9 Å². The molecule has 6 heteroatoms. The van der Waals surface area contributed by atoms with Crippen molar-refractivity contribution in [2.45, 2.75) is 77.7 Å². The molecule has 0 aromatic rings. The number of fused-ring (bicyclic) bond motifs is 6. The second-order valence-electron chi connectivity index (χ2n) is 10.9. The van der Waals surface area contributed by atoms with Crippen molar-refractivity contribution in [2.75, 3.05) is 5.75 Å². The molecule has 3 saturated carbocycles. The zero-order chi connectivity index (χ0) is 23.3. The maximum Gasteiger partial charge on any atom is 0.216 e. The first-order chi connectivity index (χ1) is 15.0. The van der Waals surface area contributed by atoms with E-state index >= 15 is 4.39 Å². The number of thioether (sulfide) groups is 1. The topological polar surface area (TPSA) is 63.6 Å². The van der Waals surface area contributed by atoms with Crippen LogP contribution >= 0.6 is 11.8 Å². The number of aliphatic hydroxyl groups is 1. The van der Waals surface area contributed by atoms with Gasteiger partial charge in [0.15, 0.2) is 17.1 Å². The Morgan fingerprint density at radius 2 is 2.00 bits per heavy atom. The highest BCUT2D eigenvalue weighted by Gasteiger charge is 2.78. The van der Waals surface area contributed by atoms with Crippen LogP contribution in [0.15, 0.2) is 34.5 Å². The van der Waals surface area contributed by atoms with Crippen molar-refractivity contribution >= 4 is 23.3 Å². The van der Waals surface area contributed by atoms with Crippen LogP contribution in [0.4, 0.5) is 4.39 Å². The van der Waals surface area contributed by atoms with Crippen LogP contribution in [0.5, 0.6) is 0 Å². The van der Waals surface area contributed by atoms with Gasteiger partial charge in [0.05, 0.1) is 11.0 Å². The molecule has 32 heavy (non-hydrogen) atoms. The first-order valence-corrected chi connectivity index (χ1v) is 12.8. The molecule has 174 valence electrons. The van der Waals surface area contributed by atoms with E-state index in [9.17, 15) is 14.7 Å². The van der Waals surface area contributed by atoms with Gasteiger partial charge in [0.2, 0.25) is 5.78 Å². The molecule has 1 aliphatic heterocycles. The van der Waals surface area contributed by atoms with Gasteiger partial charge in [-0.3, -0.25) is 9.59 Å². The molecule has 1 spiro atoms. The van der Waals surface area contributed by atoms with E-state index in [0.717, 1.165) is 11.3 Å². The number of hydrogen-bond donors (Lipinski definition) is 1. The van der Waals surface area contributed by atoms with Crippen LogP contribution in [0.3, 0.4) is 0 Å². The number of ketones is 2. The molecule has 4 nitrogen and oxygen atoms in total. The Bertz CT molecular complexity index is 1000. The number of rotatable bonds is 2. The summed E-state index contributed by atoms with van der Waals surface area (Å²) in [5, 5.41) is 11.5. The molecule has 0 saturated heterocycles. The third-order valence-electron chi connectivity index (χ3n) is 9.65. The predicted molar refractivity (Wildman–Crippen MR) is 123 cm³/mol. The van der Waals surface area contributed by atoms with E-state index in [1.165, 1.54) is 17.8 Å². The average molecular weight is 461 g/mol. The van der Waals surface area contributed by atoms with Crippen LogP contribution in [-0.4, -0.2) is 39.8 Å². The smallest absolute Gasteiger partial charge is 0.216 e. The molecule has 1 N–H and O–H groups in total. The number of Topliss-reactive ketones (excluding diaryl/α,β-unsaturated/α-hetero) is 1. The van der Waals surface area contributed by atoms with E-state index in [-0.39, 0.29) is 29.8 Å². The Morgan fingerprint density at radius 3 is 2.69 bits per heavy atom. The van der Waals surface area contributed by atoms with Crippen LogP contribution in [0.2, 0.25) is 0 Å². The highest BCUT2D eigenvalue weighted by atomic mass is 32.2. The Morgan fingerprint density at radius 1 is 1.28 bits per heavy atom. The molecule has 0 radical (unpaired) electrons. The zero-order valence-corrected chi connectivity index (χ0v) is 20.4. The quantitative estimate of drug-likeness (QED) is 0.633. The molecule has 3 fully saturated rings. The van der Waals surface area contributed by atoms with Crippen LogP contribution in [0.25, 0.3) is 0 Å². The minimum absolute atomic E-state index is 0.0173. The maximum absolute atomic E-state index is 17.2. The first kappa shape index (κ1) is 22.4. The summed E-state index contributed by atoms with van der Waals surface area (Å²) in [6.07, 6.45) is 5.49. The van der Waals surface area contributed by atoms with Crippen LogP contribution in [0, 0.1) is 28.6 Å². The van der Waals surface area contributed by atoms with Crippen molar-refractivity contribution in [1.29, 1.82) is 0 Å². The van der Waals surface area contributed by atoms with Gasteiger partial charge in [-0.2, -0.15) is 0 Å². The van der Waals surface area contributed by atoms with Gasteiger partial charge < -0.3 is 9.84 Å². The predicted octanol–water partition coefficient (Wildman–Crippen LogP) is 4.93. The lowest BCUT2D eigenvalue weighted by atomic mass is 9.44. The number of halogens is 1. The van der Waals surface area contributed by atoms with E-state index in [1.807, 2.05) is 27.7 Å². The van der Waals surface area contributed by atoms with Crippen LogP contribution in [0.1, 0.15) is 60.3 Å². The van der Waals surface area contributed by atoms with Crippen LogP contribution < -0.4 is 0 Å². The van der Waals surface area contributed by atoms with Gasteiger partial charge in [-0.1, -0.05) is 32.4 Å². The second-order valence-corrected chi connectivity index (χ2v) is 12.2. The molecule has 5 aliphatic rings. The van der Waals surface area contributed by atoms with Gasteiger partial charge in [0, 0.05) is 22.7 Å². The minimum atomic E-state index is -1.88. The van der Waals surface area contributed by atoms with Gasteiger partial charge in [0.25, 0.3) is 0 Å². The number of carbonyl (C=O) groups excluding carboxylic acids is 2. The lowest BCUT2D eigenvalue weighted by molar-refractivity contribution is -0.217. The van der Waals surface area contributed by atoms with Gasteiger partial charge >= 0.3 is 0 Å². The monoisotopic (exact) mass is 460 g/mol. The van der Waals surface area contributed by atoms with E-state index in [4.69, 9.17) is 4.74 Å². The molecule has 0 aromatic heterocycles. The van der Waals surface area contributed by atoms with Crippen LogP contribution in [-0.2, 0) is 14.3 Å². The maximum atomic E-state index is 17.2. The highest BCUT2D eigenvalue weighted by molar-refractivity contribution is 8.04. The molecule has 0 aromatic carbocycles. The molecular weight excluding hydrogens is 427 g/mol. The van der Waals surface area contributed by atoms with Gasteiger partial charge in [0.1, 0.15) is 5.76 Å². The summed E-state index contributed by atoms with van der Waals surface area (Å²) in [4.78, 5) is 26.5. The zero-order valence-electron chi connectivity index (χ0n) is 19.5. The number of allylic oxidation sites excluding steroid dienone is 5. The van der Waals surface area contributed by atoms with Crippen molar-refractivity contribution < 1.29 is 23.8 Å². The van der Waals surface area contributed by atoms with Crippen molar-refractivity contribution in [3.63, 3.8) is 0 Å². The summed E-state index contributed by atoms with van der Waals surface area (Å²) >= 11 is 1.51. The third-order valence-corrected chi connectivity index (χ3v) is 10.7. The fourth-order valence-corrected chi connectivity index (χ4v) is 9.02. The molecule has 0 amide bonds. The Hall–Kier alpha value is -1.40. The summed E-state index contributed by atoms with van der Waals surface area (Å²) in [6, 6.07) is 0. The Balaban J connectivity index is 1.60. The summed E-state index contributed by atoms with van der Waals surface area (Å²) in [5.41, 5.74) is -3.82. The fraction of sp³-hybridized carbons (Fsp3) is 0.692. The molecule has 5 rings (SSSR count). The molecule has 1 unspecified atom stereocenters. The SMILES string of the molecule is CCSC1=C(C)OC2(C1=O)[C@@H](C)C[C@H]1[C@@H]3CCC4=CC(=O)C=C[C@]4(C)[C@@]3(F)[C@@H](O)C[C@@]12C. The number of alkyl halides is 1. The minimum Gasteiger partial charge on any atom is -0.482 e. The first-order valence-electron chi connectivity index (χ1n) is 11.9. The molecule has 8 atom stereocenters. The largest absolute Gasteiger partial charge is 0.482 e. The lowest BCUT2D eigenvalue weighted by Crippen LogP contribution is -2.69. The number of carbonyl (C=O) groups is 2. The van der Waals surface area contributed by atoms with E-state index in [1.54, 1.807) is 12.2 Å². The Labute approximate surface area is 193 Å². The normalized spacial score (nSPS) is 49.7. The lowest BCUT2D eigenvalue weighted by Gasteiger charge is -2.62. The van der Waals surface area contributed by atoms with Gasteiger partial charge in [-0.15, -0.1) is 11.8 Å². The molecule has 0 bridgehead atoms. The van der Waals surface area contributed by atoms with Gasteiger partial charge in [-0.05, 0) is 63.4 Å². The van der Waals surface area contributed by atoms with Crippen molar-refractivity contribution in [3.8, 4) is 0 Å². The third kappa shape index (κ3) is 2.33. The molecule has 4 aliphatic carbocycles. The summed E-state index contributed by atoms with van der Waals surface area (Å²) in [7, 11) is 0. The van der Waals surface area contributed by atoms with E-state index < -0.39 is 34.1 Å². The Kier molecular flexibility index (Phi) is 4.77. The summed E-state index contributed by atoms with van der Waals surface area (Å²) in [5.74, 6) is 0.785. The summed E-state index contributed by atoms with van der Waals surface area (Å²) < 4.78 is 23.7. The summed E-state index contributed by atoms with van der Waals surface area (Å²) in [6.45, 7) is 9.80. The van der Waals surface area contributed by atoms with Crippen molar-refractivity contribution in [1.82, 2.24) is 0 Å². The van der Waals surface area contributed by atoms with Gasteiger partial charge in [-0.25, -0.2) is 4.39 Å².